The van der Waals surface area contributed by atoms with Gasteiger partial charge in [0.1, 0.15) is 5.69 Å². The highest BCUT2D eigenvalue weighted by molar-refractivity contribution is 5.77. The number of para-hydroxylation sites is 1. The van der Waals surface area contributed by atoms with Crippen LogP contribution >= 0.6 is 0 Å². The third kappa shape index (κ3) is 3.72. The Balaban J connectivity index is 1.78. The van der Waals surface area contributed by atoms with Gasteiger partial charge in [-0.3, -0.25) is 14.4 Å². The van der Waals surface area contributed by atoms with Crippen molar-refractivity contribution < 1.29 is 5.11 Å². The van der Waals surface area contributed by atoms with Crippen LogP contribution in [-0.4, -0.2) is 38.4 Å². The number of aryl methyl sites for hydroxylation is 1. The first-order valence-corrected chi connectivity index (χ1v) is 10.7. The molecule has 0 saturated heterocycles. The highest BCUT2D eigenvalue weighted by Crippen LogP contribution is 2.37. The van der Waals surface area contributed by atoms with Crippen LogP contribution in [0.25, 0.3) is 5.65 Å². The number of aliphatic imine (C=N–C) groups is 1. The van der Waals surface area contributed by atoms with Crippen molar-refractivity contribution in [3.05, 3.63) is 53.1 Å². The van der Waals surface area contributed by atoms with Crippen LogP contribution in [0.1, 0.15) is 68.1 Å². The van der Waals surface area contributed by atoms with E-state index in [1.54, 1.807) is 6.92 Å². The molecule has 3 aromatic rings. The van der Waals surface area contributed by atoms with Crippen molar-refractivity contribution in [2.24, 2.45) is 10.7 Å². The predicted octanol–water partition coefficient (Wildman–Crippen LogP) is 3.82. The molecule has 0 aliphatic carbocycles. The Labute approximate surface area is 177 Å². The summed E-state index contributed by atoms with van der Waals surface area (Å²) >= 11 is 0. The number of hydrogen-bond acceptors (Lipinski definition) is 5. The van der Waals surface area contributed by atoms with Gasteiger partial charge in [-0.25, -0.2) is 4.98 Å². The van der Waals surface area contributed by atoms with E-state index in [0.717, 1.165) is 54.2 Å². The van der Waals surface area contributed by atoms with Gasteiger partial charge in [0.05, 0.1) is 17.2 Å². The first kappa shape index (κ1) is 20.2. The molecule has 158 valence electrons. The van der Waals surface area contributed by atoms with Crippen molar-refractivity contribution in [3.8, 4) is 5.88 Å². The van der Waals surface area contributed by atoms with E-state index in [-0.39, 0.29) is 17.7 Å². The van der Waals surface area contributed by atoms with Crippen LogP contribution in [0.4, 0.5) is 5.69 Å². The van der Waals surface area contributed by atoms with Gasteiger partial charge in [-0.15, -0.1) is 0 Å². The predicted molar refractivity (Wildman–Crippen MR) is 121 cm³/mol. The molecule has 2 aromatic heterocycles. The molecule has 30 heavy (non-hydrogen) atoms. The second-order valence-electron chi connectivity index (χ2n) is 8.08. The number of anilines is 1. The summed E-state index contributed by atoms with van der Waals surface area (Å²) in [5.41, 5.74) is 11.4. The van der Waals surface area contributed by atoms with E-state index in [9.17, 15) is 5.11 Å². The second-order valence-corrected chi connectivity index (χ2v) is 8.08. The van der Waals surface area contributed by atoms with E-state index in [1.165, 1.54) is 5.56 Å². The lowest BCUT2D eigenvalue weighted by molar-refractivity contribution is 0.434. The minimum absolute atomic E-state index is 0.141. The third-order valence-electron chi connectivity index (χ3n) is 5.90. The van der Waals surface area contributed by atoms with Crippen molar-refractivity contribution in [1.82, 2.24) is 14.4 Å². The summed E-state index contributed by atoms with van der Waals surface area (Å²) in [6, 6.07) is 8.33. The monoisotopic (exact) mass is 406 g/mol. The maximum Gasteiger partial charge on any atom is 0.219 e. The van der Waals surface area contributed by atoms with E-state index in [4.69, 9.17) is 15.7 Å². The van der Waals surface area contributed by atoms with Gasteiger partial charge in [0.25, 0.3) is 0 Å². The van der Waals surface area contributed by atoms with Crippen LogP contribution in [0.15, 0.2) is 35.5 Å². The number of amidine groups is 1. The lowest BCUT2D eigenvalue weighted by atomic mass is 9.98. The van der Waals surface area contributed by atoms with Gasteiger partial charge in [-0.1, -0.05) is 32.0 Å². The molecule has 1 aliphatic rings. The number of aromatic nitrogens is 3. The van der Waals surface area contributed by atoms with E-state index in [1.807, 2.05) is 16.7 Å². The SMILES string of the molecule is CCC(C)c1nc2c(CCCN=C(C)N)nc(C3CNc4ccccc43)cn2c1O. The van der Waals surface area contributed by atoms with Gasteiger partial charge in [-0.2, -0.15) is 0 Å². The van der Waals surface area contributed by atoms with Crippen LogP contribution in [0, 0.1) is 0 Å². The van der Waals surface area contributed by atoms with Crippen LogP contribution in [0.2, 0.25) is 0 Å². The van der Waals surface area contributed by atoms with Gasteiger partial charge in [0.2, 0.25) is 5.88 Å². The Bertz CT molecular complexity index is 1080. The second kappa shape index (κ2) is 8.34. The zero-order valence-corrected chi connectivity index (χ0v) is 17.9. The molecule has 1 aliphatic heterocycles. The highest BCUT2D eigenvalue weighted by atomic mass is 16.3. The van der Waals surface area contributed by atoms with Gasteiger partial charge in [-0.05, 0) is 37.8 Å². The zero-order chi connectivity index (χ0) is 21.3. The number of nitrogens with two attached hydrogens (primary N) is 1. The molecule has 4 rings (SSSR count). The van der Waals surface area contributed by atoms with Crippen LogP contribution in [0.3, 0.4) is 0 Å². The average Bonchev–Trinajstić information content (AvgIpc) is 3.32. The molecule has 7 heteroatoms. The molecule has 0 saturated carbocycles. The molecule has 2 atom stereocenters. The molecule has 0 radical (unpaired) electrons. The van der Waals surface area contributed by atoms with Gasteiger partial charge in [0, 0.05) is 36.8 Å². The molecule has 7 nitrogen and oxygen atoms in total. The zero-order valence-electron chi connectivity index (χ0n) is 17.9. The highest BCUT2D eigenvalue weighted by Gasteiger charge is 2.27. The summed E-state index contributed by atoms with van der Waals surface area (Å²) in [6.07, 6.45) is 4.42. The standard InChI is InChI=1S/C23H30N6O/c1-4-14(2)21-23(30)29-13-20(17-12-26-18-9-6-5-8-16(17)18)27-19(22(29)28-21)10-7-11-25-15(3)24/h5-6,8-9,13-14,17,26,30H,4,7,10-12H2,1-3H3,(H2,24,25). The first-order valence-electron chi connectivity index (χ1n) is 10.7. The van der Waals surface area contributed by atoms with E-state index < -0.39 is 0 Å². The molecular formula is C23H30N6O. The van der Waals surface area contributed by atoms with Crippen LogP contribution in [-0.2, 0) is 6.42 Å². The summed E-state index contributed by atoms with van der Waals surface area (Å²) in [5, 5.41) is 14.4. The molecular weight excluding hydrogens is 376 g/mol. The quantitative estimate of drug-likeness (QED) is 0.315. The molecule has 2 unspecified atom stereocenters. The summed E-state index contributed by atoms with van der Waals surface area (Å²) < 4.78 is 1.82. The minimum atomic E-state index is 0.141. The number of fused-ring (bicyclic) bond motifs is 2. The largest absolute Gasteiger partial charge is 0.493 e. The summed E-state index contributed by atoms with van der Waals surface area (Å²) in [7, 11) is 0. The number of rotatable bonds is 7. The van der Waals surface area contributed by atoms with Gasteiger partial charge < -0.3 is 16.2 Å². The summed E-state index contributed by atoms with van der Waals surface area (Å²) in [5.74, 6) is 1.13. The Morgan fingerprint density at radius 2 is 2.17 bits per heavy atom. The Morgan fingerprint density at radius 1 is 1.37 bits per heavy atom. The first-order chi connectivity index (χ1) is 14.5. The molecule has 1 aromatic carbocycles. The van der Waals surface area contributed by atoms with Crippen molar-refractivity contribution in [2.45, 2.75) is 51.9 Å². The molecule has 0 fully saturated rings. The fraction of sp³-hybridized carbons (Fsp3) is 0.435. The Hall–Kier alpha value is -3.09. The summed E-state index contributed by atoms with van der Waals surface area (Å²) in [4.78, 5) is 14.1. The van der Waals surface area contributed by atoms with Gasteiger partial charge in [0.15, 0.2) is 5.65 Å². The van der Waals surface area contributed by atoms with E-state index in [2.05, 4.69) is 42.4 Å². The van der Waals surface area contributed by atoms with Crippen LogP contribution < -0.4 is 11.1 Å². The molecule has 0 amide bonds. The Morgan fingerprint density at radius 3 is 2.93 bits per heavy atom. The number of nitrogens with one attached hydrogen (secondary N) is 1. The Kier molecular flexibility index (Phi) is 5.61. The number of nitrogens with zero attached hydrogens (tertiary/aromatic N) is 4. The number of benzene rings is 1. The lowest BCUT2D eigenvalue weighted by Gasteiger charge is -2.13. The fourth-order valence-electron chi connectivity index (χ4n) is 4.04. The maximum atomic E-state index is 10.9. The average molecular weight is 407 g/mol. The summed E-state index contributed by atoms with van der Waals surface area (Å²) in [6.45, 7) is 7.44. The fourth-order valence-corrected chi connectivity index (χ4v) is 4.04. The molecule has 3 heterocycles. The van der Waals surface area contributed by atoms with Gasteiger partial charge >= 0.3 is 0 Å². The molecule has 0 spiro atoms. The van der Waals surface area contributed by atoms with Crippen LogP contribution in [0.5, 0.6) is 5.88 Å². The van der Waals surface area contributed by atoms with E-state index in [0.29, 0.717) is 12.4 Å². The minimum Gasteiger partial charge on any atom is -0.493 e. The topological polar surface area (TPSA) is 101 Å². The van der Waals surface area contributed by atoms with E-state index >= 15 is 0 Å². The van der Waals surface area contributed by atoms with Crippen molar-refractivity contribution in [1.29, 1.82) is 0 Å². The molecule has 4 N–H and O–H groups in total. The number of aromatic hydroxyl groups is 1. The van der Waals surface area contributed by atoms with Crippen molar-refractivity contribution in [3.63, 3.8) is 0 Å². The number of imidazole rings is 1. The smallest absolute Gasteiger partial charge is 0.219 e. The third-order valence-corrected chi connectivity index (χ3v) is 5.90. The van der Waals surface area contributed by atoms with Crippen molar-refractivity contribution >= 4 is 17.2 Å². The number of hydrogen-bond donors (Lipinski definition) is 3. The van der Waals surface area contributed by atoms with Crippen molar-refractivity contribution in [2.75, 3.05) is 18.4 Å². The lowest BCUT2D eigenvalue weighted by Crippen LogP contribution is -2.11. The normalized spacial score (nSPS) is 17.2. The molecule has 0 bridgehead atoms. The maximum absolute atomic E-state index is 10.9.